The second kappa shape index (κ2) is 17.7. The molecule has 0 bridgehead atoms. The molecule has 3 aromatic carbocycles. The lowest BCUT2D eigenvalue weighted by Crippen LogP contribution is -2.47. The number of aromatic nitrogens is 2. The van der Waals surface area contributed by atoms with Gasteiger partial charge in [-0.25, -0.2) is 18.1 Å². The predicted molar refractivity (Wildman–Crippen MR) is 248 cm³/mol. The largest absolute Gasteiger partial charge is 0.489 e. The molecule has 1 amide bonds. The Hall–Kier alpha value is -5.68. The number of H-pyrrole nitrogens is 1. The van der Waals surface area contributed by atoms with Crippen molar-refractivity contribution in [2.75, 3.05) is 69.7 Å². The number of halogens is 1. The molecule has 2 saturated heterocycles. The standard InChI is InChI=1S/C47H53ClN8O7S/c1-47(2)14-10-33(39(26-47)30-4-6-34(48)7-5-30)28-54-18-20-55(21-19-54)35-8-9-38(42(23-35)63-36-22-32-11-15-49-45(32)50-27-36)46(57)52-64(60,61)37-24-41(56(58)59)44-43(25-37)62-29-40(51-44)31-12-16-53(3)17-13-31/h4-9,11,15,22-25,27,31,40,51H,10,12-14,16-21,26,28-29H2,1-3H3,(H,49,50)(H,52,57)/t40-/m0/s1. The highest BCUT2D eigenvalue weighted by molar-refractivity contribution is 7.90. The molecule has 2 fully saturated rings. The van der Waals surface area contributed by atoms with Gasteiger partial charge in [0.25, 0.3) is 21.6 Å². The van der Waals surface area contributed by atoms with E-state index in [1.807, 2.05) is 18.2 Å². The first-order chi connectivity index (χ1) is 30.7. The van der Waals surface area contributed by atoms with E-state index >= 15 is 0 Å². The summed E-state index contributed by atoms with van der Waals surface area (Å²) >= 11 is 6.25. The molecule has 5 aromatic rings. The van der Waals surface area contributed by atoms with Crippen LogP contribution in [-0.4, -0.2) is 105 Å². The number of nitro benzene ring substituents is 1. The molecule has 4 aliphatic rings. The number of carbonyl (C=O) groups is 1. The van der Waals surface area contributed by atoms with E-state index in [2.05, 4.69) is 67.7 Å². The number of nitrogens with one attached hydrogen (secondary N) is 3. The molecule has 0 unspecified atom stereocenters. The van der Waals surface area contributed by atoms with Gasteiger partial charge in [-0.2, -0.15) is 0 Å². The van der Waals surface area contributed by atoms with Gasteiger partial charge in [0.1, 0.15) is 23.8 Å². The number of benzene rings is 3. The van der Waals surface area contributed by atoms with Gasteiger partial charge in [0.05, 0.1) is 27.6 Å². The summed E-state index contributed by atoms with van der Waals surface area (Å²) in [6, 6.07) is 18.9. The number of allylic oxidation sites excluding steroid dienone is 1. The van der Waals surface area contributed by atoms with E-state index in [-0.39, 0.29) is 46.7 Å². The quantitative estimate of drug-likeness (QED) is 0.0855. The highest BCUT2D eigenvalue weighted by atomic mass is 35.5. The van der Waals surface area contributed by atoms with Gasteiger partial charge in [-0.3, -0.25) is 19.8 Å². The zero-order valence-corrected chi connectivity index (χ0v) is 37.8. The number of rotatable bonds is 11. The smallest absolute Gasteiger partial charge is 0.297 e. The van der Waals surface area contributed by atoms with Crippen LogP contribution in [0.1, 0.15) is 61.9 Å². The van der Waals surface area contributed by atoms with Crippen molar-refractivity contribution in [1.29, 1.82) is 0 Å². The average molecular weight is 910 g/mol. The molecule has 1 aliphatic carbocycles. The number of hydrogen-bond donors (Lipinski definition) is 3. The maximum atomic E-state index is 14.1. The number of pyridine rings is 1. The zero-order valence-electron chi connectivity index (χ0n) is 36.2. The minimum atomic E-state index is -4.64. The second-order valence-electron chi connectivity index (χ2n) is 18.3. The van der Waals surface area contributed by atoms with Crippen molar-refractivity contribution in [3.05, 3.63) is 111 Å². The normalized spacial score (nSPS) is 19.8. The van der Waals surface area contributed by atoms with E-state index in [4.69, 9.17) is 21.1 Å². The Morgan fingerprint density at radius 2 is 1.80 bits per heavy atom. The molecular weight excluding hydrogens is 856 g/mol. The van der Waals surface area contributed by atoms with E-state index in [1.54, 1.807) is 30.5 Å². The number of nitrogens with zero attached hydrogens (tertiary/aromatic N) is 5. The number of sulfonamides is 1. The molecule has 15 nitrogen and oxygen atoms in total. The van der Waals surface area contributed by atoms with E-state index < -0.39 is 31.4 Å². The molecule has 336 valence electrons. The summed E-state index contributed by atoms with van der Waals surface area (Å²) in [5.41, 5.74) is 5.42. The molecule has 0 spiro atoms. The number of piperazine rings is 1. The van der Waals surface area contributed by atoms with Crippen molar-refractivity contribution < 1.29 is 27.6 Å². The van der Waals surface area contributed by atoms with Gasteiger partial charge < -0.3 is 29.6 Å². The third-order valence-electron chi connectivity index (χ3n) is 13.2. The minimum Gasteiger partial charge on any atom is -0.489 e. The maximum absolute atomic E-state index is 14.1. The first-order valence-electron chi connectivity index (χ1n) is 21.8. The Morgan fingerprint density at radius 1 is 1.03 bits per heavy atom. The van der Waals surface area contributed by atoms with Crippen molar-refractivity contribution in [3.8, 4) is 17.2 Å². The zero-order chi connectivity index (χ0) is 44.8. The average Bonchev–Trinajstić information content (AvgIpc) is 3.75. The van der Waals surface area contributed by atoms with Gasteiger partial charge in [0, 0.05) is 73.2 Å². The molecule has 0 saturated carbocycles. The van der Waals surface area contributed by atoms with Gasteiger partial charge in [0.2, 0.25) is 0 Å². The first kappa shape index (κ1) is 43.6. The van der Waals surface area contributed by atoms with Gasteiger partial charge in [-0.1, -0.05) is 43.2 Å². The van der Waals surface area contributed by atoms with Crippen LogP contribution in [-0.2, 0) is 10.0 Å². The number of fused-ring (bicyclic) bond motifs is 2. The number of anilines is 2. The van der Waals surface area contributed by atoms with Gasteiger partial charge >= 0.3 is 0 Å². The summed E-state index contributed by atoms with van der Waals surface area (Å²) in [6.45, 7) is 10.7. The number of amides is 1. The molecule has 3 aliphatic heterocycles. The highest BCUT2D eigenvalue weighted by Crippen LogP contribution is 2.44. The Kier molecular flexibility index (Phi) is 12.1. The minimum absolute atomic E-state index is 0.0359. The fourth-order valence-electron chi connectivity index (χ4n) is 9.44. The predicted octanol–water partition coefficient (Wildman–Crippen LogP) is 8.34. The number of nitro groups is 1. The molecule has 64 heavy (non-hydrogen) atoms. The topological polar surface area (TPSA) is 175 Å². The van der Waals surface area contributed by atoms with Gasteiger partial charge in [0.15, 0.2) is 11.4 Å². The number of ether oxygens (including phenoxy) is 2. The van der Waals surface area contributed by atoms with Gasteiger partial charge in [-0.15, -0.1) is 0 Å². The summed E-state index contributed by atoms with van der Waals surface area (Å²) in [7, 11) is -2.58. The lowest BCUT2D eigenvalue weighted by Gasteiger charge is -2.39. The summed E-state index contributed by atoms with van der Waals surface area (Å²) in [6.07, 6.45) is 8.29. The van der Waals surface area contributed by atoms with Gasteiger partial charge in [-0.05, 0) is 111 Å². The summed E-state index contributed by atoms with van der Waals surface area (Å²) < 4.78 is 42.3. The molecule has 0 radical (unpaired) electrons. The molecule has 17 heteroatoms. The Bertz CT molecular complexity index is 2720. The van der Waals surface area contributed by atoms with Crippen LogP contribution < -0.4 is 24.4 Å². The first-order valence-corrected chi connectivity index (χ1v) is 23.7. The summed E-state index contributed by atoms with van der Waals surface area (Å²) in [5, 5.41) is 17.2. The molecule has 1 atom stereocenters. The van der Waals surface area contributed by atoms with E-state index in [0.29, 0.717) is 11.4 Å². The van der Waals surface area contributed by atoms with Crippen LogP contribution in [0.5, 0.6) is 17.2 Å². The molecule has 9 rings (SSSR count). The lowest BCUT2D eigenvalue weighted by atomic mass is 9.72. The third kappa shape index (κ3) is 9.41. The van der Waals surface area contributed by atoms with Crippen LogP contribution in [0.2, 0.25) is 5.02 Å². The number of likely N-dealkylation sites (tertiary alicyclic amines) is 1. The fourth-order valence-corrected chi connectivity index (χ4v) is 10.6. The molecule has 3 N–H and O–H groups in total. The van der Waals surface area contributed by atoms with Crippen LogP contribution in [0.3, 0.4) is 0 Å². The SMILES string of the molecule is CN1CCC([C@@H]2COc3cc(S(=O)(=O)NC(=O)c4ccc(N5CCN(CC6=C(c7ccc(Cl)cc7)CC(C)(C)CC6)CC5)cc4Oc4cnc5[nH]ccc5c4)cc([N+](=O)[O-])c3N2)CC1. The second-order valence-corrected chi connectivity index (χ2v) is 20.4. The van der Waals surface area contributed by atoms with E-state index in [1.165, 1.54) is 29.0 Å². The third-order valence-corrected chi connectivity index (χ3v) is 14.8. The Morgan fingerprint density at radius 3 is 2.55 bits per heavy atom. The highest BCUT2D eigenvalue weighted by Gasteiger charge is 2.36. The summed E-state index contributed by atoms with van der Waals surface area (Å²) in [4.78, 5) is 39.8. The maximum Gasteiger partial charge on any atom is 0.297 e. The Balaban J connectivity index is 0.943. The number of carbonyl (C=O) groups excluding carboxylic acids is 1. The van der Waals surface area contributed by atoms with Crippen LogP contribution in [0.4, 0.5) is 17.1 Å². The van der Waals surface area contributed by atoms with Crippen molar-refractivity contribution in [2.45, 2.75) is 56.9 Å². The van der Waals surface area contributed by atoms with Crippen LogP contribution in [0.15, 0.2) is 89.6 Å². The van der Waals surface area contributed by atoms with Crippen molar-refractivity contribution in [3.63, 3.8) is 0 Å². The van der Waals surface area contributed by atoms with E-state index in [0.717, 1.165) is 100 Å². The van der Waals surface area contributed by atoms with Crippen LogP contribution in [0.25, 0.3) is 16.6 Å². The van der Waals surface area contributed by atoms with Crippen LogP contribution in [0, 0.1) is 21.4 Å². The van der Waals surface area contributed by atoms with Crippen molar-refractivity contribution >= 4 is 61.2 Å². The van der Waals surface area contributed by atoms with Crippen LogP contribution >= 0.6 is 11.6 Å². The van der Waals surface area contributed by atoms with Crippen molar-refractivity contribution in [2.24, 2.45) is 11.3 Å². The lowest BCUT2D eigenvalue weighted by molar-refractivity contribution is -0.384. The molecule has 5 heterocycles. The number of aromatic amines is 1. The fraction of sp³-hybridized carbons (Fsp3) is 0.404. The summed E-state index contributed by atoms with van der Waals surface area (Å²) in [5.74, 6) is -0.222. The molecular formula is C47H53ClN8O7S. The molecule has 2 aromatic heterocycles. The number of hydrogen-bond acceptors (Lipinski definition) is 12. The Labute approximate surface area is 378 Å². The monoisotopic (exact) mass is 908 g/mol. The van der Waals surface area contributed by atoms with E-state index in [9.17, 15) is 23.3 Å². The van der Waals surface area contributed by atoms with Crippen molar-refractivity contribution in [1.82, 2.24) is 24.5 Å². The number of piperidine rings is 1.